The van der Waals surface area contributed by atoms with Crippen molar-refractivity contribution in [3.63, 3.8) is 0 Å². The highest BCUT2D eigenvalue weighted by atomic mass is 16.1. The second kappa shape index (κ2) is 4.81. The predicted octanol–water partition coefficient (Wildman–Crippen LogP) is 2.46. The third kappa shape index (κ3) is 2.13. The average Bonchev–Trinajstić information content (AvgIpc) is 2.80. The average molecular weight is 272 g/mol. The zero-order valence-corrected chi connectivity index (χ0v) is 11.7. The van der Waals surface area contributed by atoms with Crippen LogP contribution in [0, 0.1) is 5.41 Å². The summed E-state index contributed by atoms with van der Waals surface area (Å²) in [5, 5.41) is 10.8. The molecule has 1 amide bonds. The molecule has 1 saturated carbocycles. The van der Waals surface area contributed by atoms with Crippen molar-refractivity contribution < 1.29 is 4.79 Å². The van der Waals surface area contributed by atoms with E-state index in [4.69, 9.17) is 5.73 Å². The minimum atomic E-state index is -0.124. The van der Waals surface area contributed by atoms with Crippen molar-refractivity contribution in [1.82, 2.24) is 15.5 Å². The van der Waals surface area contributed by atoms with Crippen LogP contribution in [0.1, 0.15) is 43.1 Å². The van der Waals surface area contributed by atoms with Gasteiger partial charge in [0.25, 0.3) is 5.91 Å². The van der Waals surface area contributed by atoms with E-state index in [0.717, 1.165) is 23.9 Å². The highest BCUT2D eigenvalue weighted by Gasteiger charge is 2.35. The van der Waals surface area contributed by atoms with Crippen LogP contribution >= 0.6 is 0 Å². The molecular weight excluding hydrogens is 252 g/mol. The second-order valence-electron chi connectivity index (χ2n) is 5.77. The summed E-state index contributed by atoms with van der Waals surface area (Å²) in [5.74, 6) is -0.124. The van der Waals surface area contributed by atoms with Gasteiger partial charge in [-0.3, -0.25) is 9.89 Å². The third-order valence-corrected chi connectivity index (χ3v) is 4.59. The van der Waals surface area contributed by atoms with Gasteiger partial charge in [-0.05, 0) is 42.9 Å². The van der Waals surface area contributed by atoms with Gasteiger partial charge in [-0.15, -0.1) is 0 Å². The number of rotatable bonds is 4. The summed E-state index contributed by atoms with van der Waals surface area (Å²) in [6.07, 6.45) is 4.79. The first-order valence-corrected chi connectivity index (χ1v) is 7.15. The van der Waals surface area contributed by atoms with Crippen LogP contribution in [0.15, 0.2) is 18.2 Å². The number of nitrogens with one attached hydrogen (secondary N) is 2. The Morgan fingerprint density at radius 3 is 2.95 bits per heavy atom. The first-order chi connectivity index (χ1) is 9.63. The van der Waals surface area contributed by atoms with Crippen molar-refractivity contribution in [3.05, 3.63) is 23.9 Å². The largest absolute Gasteiger partial charge is 0.399 e. The maximum atomic E-state index is 12.3. The third-order valence-electron chi connectivity index (χ3n) is 4.59. The lowest BCUT2D eigenvalue weighted by Crippen LogP contribution is -2.41. The van der Waals surface area contributed by atoms with E-state index in [2.05, 4.69) is 22.4 Å². The Labute approximate surface area is 117 Å². The van der Waals surface area contributed by atoms with Gasteiger partial charge in [0.05, 0.1) is 5.52 Å². The van der Waals surface area contributed by atoms with Gasteiger partial charge >= 0.3 is 0 Å². The number of nitrogens with zero attached hydrogens (tertiary/aromatic N) is 1. The van der Waals surface area contributed by atoms with E-state index >= 15 is 0 Å². The molecular formula is C15H20N4O. The predicted molar refractivity (Wildman–Crippen MR) is 79.4 cm³/mol. The second-order valence-corrected chi connectivity index (χ2v) is 5.77. The summed E-state index contributed by atoms with van der Waals surface area (Å²) in [7, 11) is 0. The normalized spacial score (nSPS) is 16.9. The van der Waals surface area contributed by atoms with Crippen LogP contribution in [-0.2, 0) is 0 Å². The van der Waals surface area contributed by atoms with Crippen LogP contribution in [0.4, 0.5) is 5.69 Å². The highest BCUT2D eigenvalue weighted by molar-refractivity contribution is 6.05. The Balaban J connectivity index is 1.77. The number of H-pyrrole nitrogens is 1. The SMILES string of the molecule is CCC1(CNC(=O)c2n[nH]c3ccc(N)cc23)CCC1. The standard InChI is InChI=1S/C15H20N4O/c1-2-15(6-3-7-15)9-17-14(20)13-11-8-10(16)4-5-12(11)18-19-13/h4-5,8H,2-3,6-7,9,16H2,1H3,(H,17,20)(H,18,19). The fourth-order valence-corrected chi connectivity index (χ4v) is 2.89. The van der Waals surface area contributed by atoms with Crippen LogP contribution < -0.4 is 11.1 Å². The summed E-state index contributed by atoms with van der Waals surface area (Å²) in [4.78, 5) is 12.3. The quantitative estimate of drug-likeness (QED) is 0.747. The number of fused-ring (bicyclic) bond motifs is 1. The lowest BCUT2D eigenvalue weighted by Gasteiger charge is -2.41. The molecule has 0 saturated heterocycles. The number of hydrogen-bond acceptors (Lipinski definition) is 3. The number of anilines is 1. The lowest BCUT2D eigenvalue weighted by molar-refractivity contribution is 0.0847. The first kappa shape index (κ1) is 13.0. The molecule has 106 valence electrons. The molecule has 4 N–H and O–H groups in total. The monoisotopic (exact) mass is 272 g/mol. The molecule has 5 nitrogen and oxygen atoms in total. The van der Waals surface area contributed by atoms with Crippen LogP contribution in [0.5, 0.6) is 0 Å². The number of carbonyl (C=O) groups is 1. The number of aromatic amines is 1. The minimum absolute atomic E-state index is 0.124. The molecule has 20 heavy (non-hydrogen) atoms. The summed E-state index contributed by atoms with van der Waals surface area (Å²) >= 11 is 0. The van der Waals surface area contributed by atoms with E-state index in [9.17, 15) is 4.79 Å². The van der Waals surface area contributed by atoms with Gasteiger partial charge in [-0.2, -0.15) is 5.10 Å². The number of amides is 1. The molecule has 5 heteroatoms. The zero-order chi connectivity index (χ0) is 14.2. The van der Waals surface area contributed by atoms with E-state index < -0.39 is 0 Å². The summed E-state index contributed by atoms with van der Waals surface area (Å²) in [6.45, 7) is 2.93. The number of nitrogens with two attached hydrogens (primary N) is 1. The molecule has 0 atom stereocenters. The first-order valence-electron chi connectivity index (χ1n) is 7.15. The molecule has 1 aromatic carbocycles. The Bertz CT molecular complexity index is 637. The smallest absolute Gasteiger partial charge is 0.272 e. The van der Waals surface area contributed by atoms with E-state index in [1.807, 2.05) is 6.07 Å². The topological polar surface area (TPSA) is 83.8 Å². The van der Waals surface area contributed by atoms with Gasteiger partial charge in [-0.25, -0.2) is 0 Å². The van der Waals surface area contributed by atoms with Crippen LogP contribution in [0.25, 0.3) is 10.9 Å². The summed E-state index contributed by atoms with van der Waals surface area (Å²) in [6, 6.07) is 5.42. The molecule has 0 radical (unpaired) electrons. The molecule has 0 aliphatic heterocycles. The van der Waals surface area contributed by atoms with E-state index in [-0.39, 0.29) is 5.91 Å². The molecule has 1 fully saturated rings. The molecule has 1 heterocycles. The molecule has 0 bridgehead atoms. The minimum Gasteiger partial charge on any atom is -0.399 e. The number of carbonyl (C=O) groups excluding carboxylic acids is 1. The zero-order valence-electron chi connectivity index (χ0n) is 11.7. The van der Waals surface area contributed by atoms with Gasteiger partial charge in [0.15, 0.2) is 5.69 Å². The van der Waals surface area contributed by atoms with Crippen molar-refractivity contribution in [2.24, 2.45) is 5.41 Å². The van der Waals surface area contributed by atoms with Crippen molar-refractivity contribution in [2.45, 2.75) is 32.6 Å². The molecule has 1 aromatic heterocycles. The number of aromatic nitrogens is 2. The van der Waals surface area contributed by atoms with Gasteiger partial charge in [-0.1, -0.05) is 13.3 Å². The summed E-state index contributed by atoms with van der Waals surface area (Å²) < 4.78 is 0. The van der Waals surface area contributed by atoms with Crippen molar-refractivity contribution in [2.75, 3.05) is 12.3 Å². The summed E-state index contributed by atoms with van der Waals surface area (Å²) in [5.41, 5.74) is 7.98. The van der Waals surface area contributed by atoms with Gasteiger partial charge in [0.2, 0.25) is 0 Å². The van der Waals surface area contributed by atoms with Crippen LogP contribution in [0.3, 0.4) is 0 Å². The Morgan fingerprint density at radius 2 is 2.30 bits per heavy atom. The molecule has 0 spiro atoms. The van der Waals surface area contributed by atoms with E-state index in [1.54, 1.807) is 12.1 Å². The van der Waals surface area contributed by atoms with Gasteiger partial charge < -0.3 is 11.1 Å². The Hall–Kier alpha value is -2.04. The van der Waals surface area contributed by atoms with Gasteiger partial charge in [0, 0.05) is 17.6 Å². The Morgan fingerprint density at radius 1 is 1.50 bits per heavy atom. The molecule has 1 aliphatic rings. The van der Waals surface area contributed by atoms with Crippen molar-refractivity contribution in [3.8, 4) is 0 Å². The van der Waals surface area contributed by atoms with Crippen LogP contribution in [0.2, 0.25) is 0 Å². The maximum Gasteiger partial charge on any atom is 0.272 e. The molecule has 3 rings (SSSR count). The highest BCUT2D eigenvalue weighted by Crippen LogP contribution is 2.43. The fourth-order valence-electron chi connectivity index (χ4n) is 2.89. The number of benzene rings is 1. The van der Waals surface area contributed by atoms with Crippen molar-refractivity contribution in [1.29, 1.82) is 0 Å². The Kier molecular flexibility index (Phi) is 3.12. The molecule has 0 unspecified atom stereocenters. The molecule has 2 aromatic rings. The van der Waals surface area contributed by atoms with Crippen LogP contribution in [-0.4, -0.2) is 22.6 Å². The lowest BCUT2D eigenvalue weighted by atomic mass is 9.67. The van der Waals surface area contributed by atoms with Gasteiger partial charge in [0.1, 0.15) is 0 Å². The maximum absolute atomic E-state index is 12.3. The van der Waals surface area contributed by atoms with E-state index in [0.29, 0.717) is 16.8 Å². The van der Waals surface area contributed by atoms with E-state index in [1.165, 1.54) is 19.3 Å². The number of hydrogen-bond donors (Lipinski definition) is 3. The molecule has 1 aliphatic carbocycles. The number of nitrogen functional groups attached to an aromatic ring is 1. The van der Waals surface area contributed by atoms with Crippen molar-refractivity contribution >= 4 is 22.5 Å². The fraction of sp³-hybridized carbons (Fsp3) is 0.467.